The molecule has 12 heteroatoms. The lowest BCUT2D eigenvalue weighted by Gasteiger charge is -2.50. The number of benzene rings is 1. The molecule has 0 aliphatic carbocycles. The fourth-order valence-electron chi connectivity index (χ4n) is 5.35. The SMILES string of the molecule is COc1cc(Nc2ncc(F)c(Nc3ccc4c(n3)N([C](C(C)(C)C)C(C)(C)C)C(=O)C(C)(C)O4)n2)cc(OC)c1OC. The lowest BCUT2D eigenvalue weighted by Crippen LogP contribution is -2.58. The van der Waals surface area contributed by atoms with Crippen molar-refractivity contribution in [2.75, 3.05) is 36.9 Å². The molecule has 0 bridgehead atoms. The molecule has 3 heterocycles. The van der Waals surface area contributed by atoms with E-state index in [9.17, 15) is 9.18 Å². The van der Waals surface area contributed by atoms with E-state index in [0.29, 0.717) is 34.5 Å². The zero-order valence-electron chi connectivity index (χ0n) is 26.6. The molecular weight excluding hydrogens is 555 g/mol. The predicted octanol–water partition coefficient (Wildman–Crippen LogP) is 6.65. The number of ether oxygens (including phenoxy) is 4. The summed E-state index contributed by atoms with van der Waals surface area (Å²) in [6, 6.07) is 7.58. The van der Waals surface area contributed by atoms with E-state index in [1.54, 1.807) is 43.0 Å². The van der Waals surface area contributed by atoms with Crippen molar-refractivity contribution in [1.29, 1.82) is 0 Å². The van der Waals surface area contributed by atoms with Crippen LogP contribution in [0.2, 0.25) is 0 Å². The van der Waals surface area contributed by atoms with Crippen molar-refractivity contribution in [2.45, 2.75) is 61.0 Å². The number of methoxy groups -OCH3 is 3. The van der Waals surface area contributed by atoms with Gasteiger partial charge in [0.2, 0.25) is 11.7 Å². The average molecular weight is 596 g/mol. The number of anilines is 5. The molecule has 3 aromatic rings. The van der Waals surface area contributed by atoms with Crippen LogP contribution in [0.5, 0.6) is 23.0 Å². The number of rotatable bonds is 8. The summed E-state index contributed by atoms with van der Waals surface area (Å²) in [4.78, 5) is 28.6. The second kappa shape index (κ2) is 11.4. The van der Waals surface area contributed by atoms with Gasteiger partial charge in [0.25, 0.3) is 5.91 Å². The summed E-state index contributed by atoms with van der Waals surface area (Å²) in [6.45, 7) is 15.8. The summed E-state index contributed by atoms with van der Waals surface area (Å²) in [5.41, 5.74) is -1.34. The molecule has 1 amide bonds. The minimum Gasteiger partial charge on any atom is -0.493 e. The van der Waals surface area contributed by atoms with Crippen molar-refractivity contribution >= 4 is 35.0 Å². The Labute approximate surface area is 252 Å². The lowest BCUT2D eigenvalue weighted by atomic mass is 9.70. The number of nitrogens with one attached hydrogen (secondary N) is 2. The standard InChI is InChI=1S/C31H40FN6O5/c1-29(2,3)26(30(4,5)6)38-25-19(43-31(7,8)27(38)39)12-13-22(36-25)35-24-18(32)16-33-28(37-24)34-17-14-20(40-9)23(42-11)21(15-17)41-10/h12-16H,1-11H3,(H2,33,34,35,36,37). The quantitative estimate of drug-likeness (QED) is 0.293. The van der Waals surface area contributed by atoms with Gasteiger partial charge in [-0.3, -0.25) is 9.69 Å². The third-order valence-corrected chi connectivity index (χ3v) is 6.69. The second-order valence-corrected chi connectivity index (χ2v) is 12.7. The molecular formula is C31H40FN6O5. The van der Waals surface area contributed by atoms with Gasteiger partial charge in [-0.05, 0) is 36.8 Å². The molecule has 231 valence electrons. The smallest absolute Gasteiger partial charge is 0.272 e. The minimum atomic E-state index is -1.11. The van der Waals surface area contributed by atoms with E-state index in [-0.39, 0.29) is 34.3 Å². The Bertz CT molecular complexity index is 1480. The van der Waals surface area contributed by atoms with Crippen molar-refractivity contribution in [3.63, 3.8) is 0 Å². The number of amides is 1. The summed E-state index contributed by atoms with van der Waals surface area (Å²) in [5.74, 6) is 1.34. The molecule has 43 heavy (non-hydrogen) atoms. The molecule has 0 saturated heterocycles. The first kappa shape index (κ1) is 31.6. The highest BCUT2D eigenvalue weighted by Crippen LogP contribution is 2.50. The number of carbonyl (C=O) groups is 1. The maximum absolute atomic E-state index is 15.0. The largest absolute Gasteiger partial charge is 0.493 e. The normalized spacial score (nSPS) is 14.6. The number of carbonyl (C=O) groups excluding carboxylic acids is 1. The second-order valence-electron chi connectivity index (χ2n) is 12.7. The van der Waals surface area contributed by atoms with Crippen LogP contribution < -0.4 is 34.5 Å². The van der Waals surface area contributed by atoms with Crippen LogP contribution in [0, 0.1) is 22.7 Å². The molecule has 4 rings (SSSR count). The summed E-state index contributed by atoms with van der Waals surface area (Å²) < 4.78 is 37.2. The third kappa shape index (κ3) is 6.37. The highest BCUT2D eigenvalue weighted by molar-refractivity contribution is 6.03. The fraction of sp³-hybridized carbons (Fsp3) is 0.452. The molecule has 2 aromatic heterocycles. The molecule has 2 N–H and O–H groups in total. The van der Waals surface area contributed by atoms with Gasteiger partial charge >= 0.3 is 0 Å². The van der Waals surface area contributed by atoms with Crippen LogP contribution in [0.1, 0.15) is 55.4 Å². The Balaban J connectivity index is 1.71. The van der Waals surface area contributed by atoms with Crippen molar-refractivity contribution in [2.24, 2.45) is 10.8 Å². The molecule has 0 saturated carbocycles. The topological polar surface area (TPSA) is 120 Å². The van der Waals surface area contributed by atoms with E-state index in [1.165, 1.54) is 21.3 Å². The maximum atomic E-state index is 15.0. The lowest BCUT2D eigenvalue weighted by molar-refractivity contribution is -0.133. The summed E-state index contributed by atoms with van der Waals surface area (Å²) in [7, 11) is 4.53. The van der Waals surface area contributed by atoms with Crippen molar-refractivity contribution in [3.8, 4) is 23.0 Å². The monoisotopic (exact) mass is 595 g/mol. The van der Waals surface area contributed by atoms with Gasteiger partial charge in [0, 0.05) is 17.8 Å². The Kier molecular flexibility index (Phi) is 8.36. The molecule has 11 nitrogen and oxygen atoms in total. The van der Waals surface area contributed by atoms with Crippen LogP contribution in [-0.4, -0.2) is 47.8 Å². The van der Waals surface area contributed by atoms with E-state index in [1.807, 2.05) is 0 Å². The molecule has 0 atom stereocenters. The average Bonchev–Trinajstić information content (AvgIpc) is 2.91. The number of halogens is 1. The number of aromatic nitrogens is 3. The van der Waals surface area contributed by atoms with Crippen LogP contribution in [0.4, 0.5) is 33.5 Å². The minimum absolute atomic E-state index is 0.106. The predicted molar refractivity (Wildman–Crippen MR) is 163 cm³/mol. The van der Waals surface area contributed by atoms with Crippen LogP contribution >= 0.6 is 0 Å². The Morgan fingerprint density at radius 2 is 1.53 bits per heavy atom. The first-order chi connectivity index (χ1) is 20.0. The molecule has 1 aliphatic rings. The molecule has 0 unspecified atom stereocenters. The molecule has 1 radical (unpaired) electrons. The van der Waals surface area contributed by atoms with E-state index in [2.05, 4.69) is 62.1 Å². The van der Waals surface area contributed by atoms with Gasteiger partial charge in [0.15, 0.2) is 40.3 Å². The number of pyridine rings is 1. The summed E-state index contributed by atoms with van der Waals surface area (Å²) in [6.07, 6.45) is 1.04. The zero-order valence-corrected chi connectivity index (χ0v) is 26.6. The van der Waals surface area contributed by atoms with Crippen molar-refractivity contribution in [1.82, 2.24) is 15.0 Å². The van der Waals surface area contributed by atoms with Gasteiger partial charge in [0.05, 0.1) is 33.6 Å². The van der Waals surface area contributed by atoms with Gasteiger partial charge in [-0.2, -0.15) is 4.98 Å². The van der Waals surface area contributed by atoms with Crippen LogP contribution in [0.3, 0.4) is 0 Å². The van der Waals surface area contributed by atoms with E-state index in [0.717, 1.165) is 12.2 Å². The molecule has 1 aromatic carbocycles. The van der Waals surface area contributed by atoms with Crippen LogP contribution in [0.25, 0.3) is 0 Å². The van der Waals surface area contributed by atoms with E-state index in [4.69, 9.17) is 23.9 Å². The van der Waals surface area contributed by atoms with Gasteiger partial charge in [-0.25, -0.2) is 14.4 Å². The van der Waals surface area contributed by atoms with Gasteiger partial charge in [-0.15, -0.1) is 0 Å². The summed E-state index contributed by atoms with van der Waals surface area (Å²) in [5, 5.41) is 5.97. The Hall–Kier alpha value is -4.35. The number of nitrogens with zero attached hydrogens (tertiary/aromatic N) is 4. The van der Waals surface area contributed by atoms with Gasteiger partial charge < -0.3 is 29.6 Å². The van der Waals surface area contributed by atoms with E-state index >= 15 is 0 Å². The number of fused-ring (bicyclic) bond motifs is 1. The van der Waals surface area contributed by atoms with Gasteiger partial charge in [-0.1, -0.05) is 41.5 Å². The number of hydrogen-bond acceptors (Lipinski definition) is 10. The summed E-state index contributed by atoms with van der Waals surface area (Å²) >= 11 is 0. The zero-order chi connectivity index (χ0) is 31.9. The third-order valence-electron chi connectivity index (χ3n) is 6.69. The molecule has 1 aliphatic heterocycles. The van der Waals surface area contributed by atoms with Crippen LogP contribution in [-0.2, 0) is 4.79 Å². The first-order valence-electron chi connectivity index (χ1n) is 13.8. The Morgan fingerprint density at radius 3 is 2.07 bits per heavy atom. The van der Waals surface area contributed by atoms with Crippen molar-refractivity contribution in [3.05, 3.63) is 42.3 Å². The highest BCUT2D eigenvalue weighted by atomic mass is 19.1. The highest BCUT2D eigenvalue weighted by Gasteiger charge is 2.51. The van der Waals surface area contributed by atoms with E-state index < -0.39 is 11.4 Å². The number of hydrogen-bond donors (Lipinski definition) is 2. The van der Waals surface area contributed by atoms with Crippen molar-refractivity contribution < 1.29 is 28.1 Å². The molecule has 0 spiro atoms. The van der Waals surface area contributed by atoms with Gasteiger partial charge in [0.1, 0.15) is 5.82 Å². The van der Waals surface area contributed by atoms with Crippen LogP contribution in [0.15, 0.2) is 30.5 Å². The first-order valence-corrected chi connectivity index (χ1v) is 13.8. The molecule has 0 fully saturated rings. The maximum Gasteiger partial charge on any atom is 0.272 e. The fourth-order valence-corrected chi connectivity index (χ4v) is 5.35. The Morgan fingerprint density at radius 1 is 0.930 bits per heavy atom.